The van der Waals surface area contributed by atoms with Crippen LogP contribution in [0.1, 0.15) is 35.7 Å². The van der Waals surface area contributed by atoms with E-state index in [1.54, 1.807) is 37.3 Å². The molecule has 0 radical (unpaired) electrons. The number of benzene rings is 2. The van der Waals surface area contributed by atoms with E-state index < -0.39 is 6.16 Å². The van der Waals surface area contributed by atoms with Crippen molar-refractivity contribution in [3.8, 4) is 5.75 Å². The average molecular weight is 515 g/mol. The maximum atomic E-state index is 12.8. The third-order valence-corrected chi connectivity index (χ3v) is 5.80. The van der Waals surface area contributed by atoms with Crippen LogP contribution >= 0.6 is 15.9 Å². The molecule has 2 aromatic carbocycles. The second-order valence-electron chi connectivity index (χ2n) is 7.68. The lowest BCUT2D eigenvalue weighted by Gasteiger charge is -2.32. The normalized spacial score (nSPS) is 14.2. The van der Waals surface area contributed by atoms with E-state index in [9.17, 15) is 14.4 Å². The van der Waals surface area contributed by atoms with Gasteiger partial charge in [-0.25, -0.2) is 4.79 Å². The Labute approximate surface area is 201 Å². The van der Waals surface area contributed by atoms with E-state index in [1.807, 2.05) is 29.2 Å². The van der Waals surface area contributed by atoms with Gasteiger partial charge in [-0.2, -0.15) is 0 Å². The summed E-state index contributed by atoms with van der Waals surface area (Å²) in [7, 11) is 0. The number of nitrogens with one attached hydrogen (secondary N) is 1. The minimum atomic E-state index is -0.769. The van der Waals surface area contributed by atoms with Crippen molar-refractivity contribution in [3.63, 3.8) is 0 Å². The third kappa shape index (κ3) is 7.75. The number of piperidine rings is 1. The van der Waals surface area contributed by atoms with Gasteiger partial charge in [0, 0.05) is 35.7 Å². The molecule has 2 aromatic rings. The number of hydrogen-bond donors (Lipinski definition) is 1. The molecule has 0 atom stereocenters. The highest BCUT2D eigenvalue weighted by atomic mass is 79.9. The standard InChI is InChI=1S/C25H27BrN2O5/c1-2-32-25(31)33-22-9-7-20(8-10-22)24(30)28-14-12-19(13-15-28)17-27-23(29)11-6-18-4-3-5-21(26)16-18/h3-11,16,19H,2,12-15,17H2,1H3,(H,27,29)/b11-6+. The van der Waals surface area contributed by atoms with Crippen LogP contribution in [-0.2, 0) is 9.53 Å². The van der Waals surface area contributed by atoms with Gasteiger partial charge in [0.1, 0.15) is 5.75 Å². The first-order valence-electron chi connectivity index (χ1n) is 10.9. The first-order valence-corrected chi connectivity index (χ1v) is 11.7. The molecule has 1 N–H and O–H groups in total. The summed E-state index contributed by atoms with van der Waals surface area (Å²) in [6.07, 6.45) is 4.20. The summed E-state index contributed by atoms with van der Waals surface area (Å²) in [5.41, 5.74) is 1.49. The Bertz CT molecular complexity index is 998. The molecule has 8 heteroatoms. The molecule has 1 heterocycles. The molecule has 1 aliphatic heterocycles. The quantitative estimate of drug-likeness (QED) is 0.329. The zero-order valence-electron chi connectivity index (χ0n) is 18.5. The maximum absolute atomic E-state index is 12.8. The molecule has 2 amide bonds. The van der Waals surface area contributed by atoms with Crippen molar-refractivity contribution in [1.82, 2.24) is 10.2 Å². The first kappa shape index (κ1) is 24.5. The van der Waals surface area contributed by atoms with Crippen molar-refractivity contribution >= 4 is 40.0 Å². The zero-order valence-corrected chi connectivity index (χ0v) is 20.0. The van der Waals surface area contributed by atoms with Gasteiger partial charge in [-0.15, -0.1) is 0 Å². The highest BCUT2D eigenvalue weighted by Crippen LogP contribution is 2.20. The van der Waals surface area contributed by atoms with Gasteiger partial charge in [-0.3, -0.25) is 9.59 Å². The maximum Gasteiger partial charge on any atom is 0.513 e. The van der Waals surface area contributed by atoms with Crippen LogP contribution in [0.5, 0.6) is 5.75 Å². The van der Waals surface area contributed by atoms with E-state index in [4.69, 9.17) is 9.47 Å². The molecular weight excluding hydrogens is 488 g/mol. The molecule has 0 bridgehead atoms. The number of amides is 2. The molecule has 174 valence electrons. The summed E-state index contributed by atoms with van der Waals surface area (Å²) in [4.78, 5) is 38.1. The van der Waals surface area contributed by atoms with Crippen LogP contribution in [0.15, 0.2) is 59.1 Å². The van der Waals surface area contributed by atoms with Crippen LogP contribution in [0.25, 0.3) is 6.08 Å². The van der Waals surface area contributed by atoms with Crippen LogP contribution in [-0.4, -0.2) is 49.1 Å². The molecule has 1 fully saturated rings. The minimum absolute atomic E-state index is 0.0582. The van der Waals surface area contributed by atoms with Gasteiger partial charge in [0.05, 0.1) is 6.61 Å². The van der Waals surface area contributed by atoms with Crippen molar-refractivity contribution in [2.24, 2.45) is 5.92 Å². The topological polar surface area (TPSA) is 84.9 Å². The average Bonchev–Trinajstić information content (AvgIpc) is 2.82. The molecule has 0 aliphatic carbocycles. The summed E-state index contributed by atoms with van der Waals surface area (Å²) in [6, 6.07) is 14.2. The van der Waals surface area contributed by atoms with Crippen LogP contribution in [0.3, 0.4) is 0 Å². The van der Waals surface area contributed by atoms with Crippen molar-refractivity contribution < 1.29 is 23.9 Å². The molecule has 0 saturated carbocycles. The molecule has 0 aromatic heterocycles. The Morgan fingerprint density at radius 1 is 1.12 bits per heavy atom. The largest absolute Gasteiger partial charge is 0.513 e. The van der Waals surface area contributed by atoms with Crippen molar-refractivity contribution in [1.29, 1.82) is 0 Å². The number of rotatable bonds is 7. The Hall–Kier alpha value is -3.13. The lowest BCUT2D eigenvalue weighted by atomic mass is 9.96. The molecule has 1 saturated heterocycles. The fourth-order valence-corrected chi connectivity index (χ4v) is 3.93. The van der Waals surface area contributed by atoms with Gasteiger partial charge in [-0.1, -0.05) is 28.1 Å². The molecular formula is C25H27BrN2O5. The highest BCUT2D eigenvalue weighted by molar-refractivity contribution is 9.10. The summed E-state index contributed by atoms with van der Waals surface area (Å²) in [6.45, 7) is 3.78. The predicted molar refractivity (Wildman–Crippen MR) is 129 cm³/mol. The number of carbonyl (C=O) groups excluding carboxylic acids is 3. The van der Waals surface area contributed by atoms with Crippen molar-refractivity contribution in [2.75, 3.05) is 26.2 Å². The van der Waals surface area contributed by atoms with Gasteiger partial charge in [0.15, 0.2) is 0 Å². The smallest absolute Gasteiger partial charge is 0.434 e. The van der Waals surface area contributed by atoms with Crippen LogP contribution in [0.2, 0.25) is 0 Å². The highest BCUT2D eigenvalue weighted by Gasteiger charge is 2.24. The summed E-state index contributed by atoms with van der Waals surface area (Å²) in [5, 5.41) is 2.95. The SMILES string of the molecule is CCOC(=O)Oc1ccc(C(=O)N2CCC(CNC(=O)/C=C/c3cccc(Br)c3)CC2)cc1. The van der Waals surface area contributed by atoms with E-state index in [0.717, 1.165) is 22.9 Å². The molecule has 1 aliphatic rings. The van der Waals surface area contributed by atoms with Gasteiger partial charge in [0.2, 0.25) is 5.91 Å². The molecule has 3 rings (SSSR count). The Morgan fingerprint density at radius 2 is 1.85 bits per heavy atom. The first-order chi connectivity index (χ1) is 15.9. The van der Waals surface area contributed by atoms with Gasteiger partial charge >= 0.3 is 6.16 Å². The number of hydrogen-bond acceptors (Lipinski definition) is 5. The fraction of sp³-hybridized carbons (Fsp3) is 0.320. The van der Waals surface area contributed by atoms with E-state index in [1.165, 1.54) is 6.08 Å². The molecule has 0 unspecified atom stereocenters. The Kier molecular flexibility index (Phi) is 9.06. The van der Waals surface area contributed by atoms with E-state index >= 15 is 0 Å². The predicted octanol–water partition coefficient (Wildman–Crippen LogP) is 4.67. The fourth-order valence-electron chi connectivity index (χ4n) is 3.52. The summed E-state index contributed by atoms with van der Waals surface area (Å²) < 4.78 is 10.7. The van der Waals surface area contributed by atoms with Gasteiger partial charge in [0.25, 0.3) is 5.91 Å². The lowest BCUT2D eigenvalue weighted by Crippen LogP contribution is -2.41. The van der Waals surface area contributed by atoms with Crippen LogP contribution < -0.4 is 10.1 Å². The summed E-state index contributed by atoms with van der Waals surface area (Å²) in [5.74, 6) is 0.474. The van der Waals surface area contributed by atoms with E-state index in [0.29, 0.717) is 36.9 Å². The Morgan fingerprint density at radius 3 is 2.52 bits per heavy atom. The minimum Gasteiger partial charge on any atom is -0.434 e. The van der Waals surface area contributed by atoms with Gasteiger partial charge in [-0.05, 0) is 73.7 Å². The van der Waals surface area contributed by atoms with Gasteiger partial charge < -0.3 is 19.7 Å². The van der Waals surface area contributed by atoms with E-state index in [-0.39, 0.29) is 18.4 Å². The zero-order chi connectivity index (χ0) is 23.6. The van der Waals surface area contributed by atoms with Crippen LogP contribution in [0, 0.1) is 5.92 Å². The second kappa shape index (κ2) is 12.2. The lowest BCUT2D eigenvalue weighted by molar-refractivity contribution is -0.116. The molecule has 0 spiro atoms. The number of halogens is 1. The van der Waals surface area contributed by atoms with Crippen molar-refractivity contribution in [3.05, 3.63) is 70.2 Å². The number of likely N-dealkylation sites (tertiary alicyclic amines) is 1. The number of ether oxygens (including phenoxy) is 2. The Balaban J connectivity index is 1.41. The van der Waals surface area contributed by atoms with Crippen molar-refractivity contribution in [2.45, 2.75) is 19.8 Å². The third-order valence-electron chi connectivity index (χ3n) is 5.31. The number of nitrogens with zero attached hydrogens (tertiary/aromatic N) is 1. The monoisotopic (exact) mass is 514 g/mol. The number of carbonyl (C=O) groups is 3. The van der Waals surface area contributed by atoms with Crippen LogP contribution in [0.4, 0.5) is 4.79 Å². The molecule has 7 nitrogen and oxygen atoms in total. The molecule has 33 heavy (non-hydrogen) atoms. The second-order valence-corrected chi connectivity index (χ2v) is 8.59. The summed E-state index contributed by atoms with van der Waals surface area (Å²) >= 11 is 3.41. The van der Waals surface area contributed by atoms with E-state index in [2.05, 4.69) is 21.2 Å².